The predicted molar refractivity (Wildman–Crippen MR) is 75.1 cm³/mol. The molecule has 0 fully saturated rings. The molecule has 0 saturated heterocycles. The van der Waals surface area contributed by atoms with Crippen LogP contribution in [0.2, 0.25) is 0 Å². The van der Waals surface area contributed by atoms with Crippen molar-refractivity contribution in [2.24, 2.45) is 0 Å². The van der Waals surface area contributed by atoms with E-state index in [9.17, 15) is 4.79 Å². The van der Waals surface area contributed by atoms with Gasteiger partial charge in [0.15, 0.2) is 5.78 Å². The Morgan fingerprint density at radius 2 is 2.17 bits per heavy atom. The van der Waals surface area contributed by atoms with Crippen molar-refractivity contribution in [2.45, 2.75) is 26.2 Å². The van der Waals surface area contributed by atoms with Gasteiger partial charge >= 0.3 is 0 Å². The van der Waals surface area contributed by atoms with Gasteiger partial charge in [-0.15, -0.1) is 0 Å². The van der Waals surface area contributed by atoms with Crippen LogP contribution in [0.3, 0.4) is 0 Å². The average molecular weight is 248 g/mol. The molecule has 0 aliphatic heterocycles. The highest BCUT2D eigenvalue weighted by molar-refractivity contribution is 5.99. The van der Waals surface area contributed by atoms with Gasteiger partial charge in [-0.1, -0.05) is 13.3 Å². The molecule has 1 aromatic carbocycles. The molecule has 3 heteroatoms. The number of nitrogens with zero attached hydrogens (tertiary/aromatic N) is 1. The molecule has 99 valence electrons. The van der Waals surface area contributed by atoms with Gasteiger partial charge in [0.1, 0.15) is 0 Å². The van der Waals surface area contributed by atoms with Crippen molar-refractivity contribution in [3.05, 3.63) is 36.2 Å². The van der Waals surface area contributed by atoms with E-state index in [1.807, 2.05) is 19.2 Å². The Labute approximate surface area is 109 Å². The fourth-order valence-corrected chi connectivity index (χ4v) is 1.97. The maximum absolute atomic E-state index is 11.3. The van der Waals surface area contributed by atoms with Crippen LogP contribution in [0.5, 0.6) is 0 Å². The van der Waals surface area contributed by atoms with E-state index in [-0.39, 0.29) is 12.4 Å². The Balaban J connectivity index is 2.98. The minimum atomic E-state index is -0.183. The van der Waals surface area contributed by atoms with Crippen LogP contribution in [0.1, 0.15) is 35.7 Å². The van der Waals surface area contributed by atoms with Crippen molar-refractivity contribution in [1.82, 2.24) is 0 Å². The third-order valence-electron chi connectivity index (χ3n) is 3.04. The molecule has 0 aliphatic carbocycles. The molecule has 1 rings (SSSR count). The summed E-state index contributed by atoms with van der Waals surface area (Å²) < 4.78 is 0. The third-order valence-corrected chi connectivity index (χ3v) is 3.04. The lowest BCUT2D eigenvalue weighted by Crippen LogP contribution is -2.20. The summed E-state index contributed by atoms with van der Waals surface area (Å²) in [5, 5.41) is 9.11. The van der Waals surface area contributed by atoms with Gasteiger partial charge in [0.25, 0.3) is 0 Å². The lowest BCUT2D eigenvalue weighted by Gasteiger charge is -2.22. The molecule has 0 spiro atoms. The number of unbranched alkanes of at least 4 members (excludes halogenated alkanes) is 1. The van der Waals surface area contributed by atoms with Gasteiger partial charge in [0, 0.05) is 38.4 Å². The highest BCUT2D eigenvalue weighted by atomic mass is 16.3. The van der Waals surface area contributed by atoms with Gasteiger partial charge in [-0.3, -0.25) is 4.79 Å². The summed E-state index contributed by atoms with van der Waals surface area (Å²) in [5.41, 5.74) is 2.69. The van der Waals surface area contributed by atoms with Gasteiger partial charge in [0.05, 0.1) is 0 Å². The number of hydrogen-bond donors (Lipinski definition) is 1. The first kappa shape index (κ1) is 14.7. The van der Waals surface area contributed by atoms with Crippen molar-refractivity contribution in [2.75, 3.05) is 25.1 Å². The summed E-state index contributed by atoms with van der Waals surface area (Å²) in [6, 6.07) is 5.58. The van der Waals surface area contributed by atoms with Crippen LogP contribution >= 0.6 is 0 Å². The molecule has 0 amide bonds. The van der Waals surface area contributed by atoms with Gasteiger partial charge in [-0.25, -0.2) is 0 Å². The standard InChI is InChI=1S/C15H22NO2/c1-4-5-9-16(3)15-7-6-13(12(2)18)11-14(15)8-10-17/h6-7,11,17H,2,4-5,8-10H2,1,3H3. The van der Waals surface area contributed by atoms with E-state index in [0.29, 0.717) is 12.0 Å². The summed E-state index contributed by atoms with van der Waals surface area (Å²) in [4.78, 5) is 13.4. The van der Waals surface area contributed by atoms with Crippen LogP contribution in [-0.2, 0) is 6.42 Å². The topological polar surface area (TPSA) is 40.5 Å². The van der Waals surface area contributed by atoms with Crippen LogP contribution in [0.25, 0.3) is 0 Å². The van der Waals surface area contributed by atoms with Crippen LogP contribution in [0.15, 0.2) is 18.2 Å². The molecular formula is C15H22NO2. The molecule has 18 heavy (non-hydrogen) atoms. The zero-order chi connectivity index (χ0) is 13.5. The second kappa shape index (κ2) is 7.17. The normalized spacial score (nSPS) is 10.4. The monoisotopic (exact) mass is 248 g/mol. The minimum Gasteiger partial charge on any atom is -0.396 e. The number of carbonyl (C=O) groups excluding carboxylic acids is 1. The first-order valence-corrected chi connectivity index (χ1v) is 6.41. The molecule has 0 bridgehead atoms. The second-order valence-corrected chi connectivity index (χ2v) is 4.52. The number of ketones is 1. The summed E-state index contributed by atoms with van der Waals surface area (Å²) in [5.74, 6) is -0.183. The fourth-order valence-electron chi connectivity index (χ4n) is 1.97. The van der Waals surface area contributed by atoms with E-state index in [4.69, 9.17) is 5.11 Å². The summed E-state index contributed by atoms with van der Waals surface area (Å²) in [7, 11) is 2.04. The van der Waals surface area contributed by atoms with Gasteiger partial charge < -0.3 is 10.0 Å². The van der Waals surface area contributed by atoms with E-state index in [1.165, 1.54) is 0 Å². The number of aliphatic hydroxyl groups is 1. The highest BCUT2D eigenvalue weighted by Crippen LogP contribution is 2.22. The van der Waals surface area contributed by atoms with Gasteiger partial charge in [-0.05, 0) is 36.6 Å². The maximum atomic E-state index is 11.3. The minimum absolute atomic E-state index is 0.0867. The predicted octanol–water partition coefficient (Wildman–Crippen LogP) is 2.47. The van der Waals surface area contributed by atoms with Crippen molar-refractivity contribution in [3.63, 3.8) is 0 Å². The van der Waals surface area contributed by atoms with E-state index in [0.717, 1.165) is 30.6 Å². The lowest BCUT2D eigenvalue weighted by molar-refractivity contribution is 0.104. The molecule has 0 atom stereocenters. The summed E-state index contributed by atoms with van der Waals surface area (Å²) >= 11 is 0. The molecule has 0 aliphatic rings. The SMILES string of the molecule is [CH2]C(=O)c1ccc(N(C)CCCC)c(CCO)c1. The molecule has 0 heterocycles. The Morgan fingerprint density at radius 1 is 1.44 bits per heavy atom. The fraction of sp³-hybridized carbons (Fsp3) is 0.467. The van der Waals surface area contributed by atoms with Crippen molar-refractivity contribution in [3.8, 4) is 0 Å². The number of rotatable bonds is 7. The van der Waals surface area contributed by atoms with Gasteiger partial charge in [0.2, 0.25) is 0 Å². The average Bonchev–Trinajstić information content (AvgIpc) is 2.36. The largest absolute Gasteiger partial charge is 0.396 e. The van der Waals surface area contributed by atoms with Crippen molar-refractivity contribution >= 4 is 11.5 Å². The van der Waals surface area contributed by atoms with E-state index < -0.39 is 0 Å². The number of anilines is 1. The van der Waals surface area contributed by atoms with Gasteiger partial charge in [-0.2, -0.15) is 0 Å². The Kier molecular flexibility index (Phi) is 5.86. The molecule has 0 unspecified atom stereocenters. The van der Waals surface area contributed by atoms with Crippen LogP contribution in [0.4, 0.5) is 5.69 Å². The van der Waals surface area contributed by atoms with E-state index in [1.54, 1.807) is 6.07 Å². The summed E-state index contributed by atoms with van der Waals surface area (Å²) in [6.07, 6.45) is 2.84. The zero-order valence-corrected chi connectivity index (χ0v) is 11.3. The highest BCUT2D eigenvalue weighted by Gasteiger charge is 2.09. The maximum Gasteiger partial charge on any atom is 0.163 e. The smallest absolute Gasteiger partial charge is 0.163 e. The first-order valence-electron chi connectivity index (χ1n) is 6.41. The molecule has 1 N–H and O–H groups in total. The number of carbonyl (C=O) groups is 1. The molecule has 1 radical (unpaired) electrons. The van der Waals surface area contributed by atoms with Crippen molar-refractivity contribution < 1.29 is 9.90 Å². The van der Waals surface area contributed by atoms with Crippen LogP contribution in [-0.4, -0.2) is 31.1 Å². The number of aliphatic hydroxyl groups excluding tert-OH is 1. The van der Waals surface area contributed by atoms with E-state index in [2.05, 4.69) is 18.7 Å². The molecule has 3 nitrogen and oxygen atoms in total. The zero-order valence-electron chi connectivity index (χ0n) is 11.3. The number of hydrogen-bond acceptors (Lipinski definition) is 3. The Bertz CT molecular complexity index is 401. The van der Waals surface area contributed by atoms with Crippen LogP contribution in [0, 0.1) is 6.92 Å². The molecule has 1 aromatic rings. The van der Waals surface area contributed by atoms with E-state index >= 15 is 0 Å². The number of benzene rings is 1. The Morgan fingerprint density at radius 3 is 2.72 bits per heavy atom. The number of Topliss-reactive ketones (excluding diaryl/α,β-unsaturated/α-hetero) is 1. The van der Waals surface area contributed by atoms with Crippen molar-refractivity contribution in [1.29, 1.82) is 0 Å². The Hall–Kier alpha value is -1.35. The quantitative estimate of drug-likeness (QED) is 0.754. The lowest BCUT2D eigenvalue weighted by atomic mass is 10.0. The molecule has 0 aromatic heterocycles. The summed E-state index contributed by atoms with van der Waals surface area (Å²) in [6.45, 7) is 6.64. The second-order valence-electron chi connectivity index (χ2n) is 4.52. The first-order chi connectivity index (χ1) is 8.60. The van der Waals surface area contributed by atoms with Crippen LogP contribution < -0.4 is 4.90 Å². The molecule has 0 saturated carbocycles. The molecular weight excluding hydrogens is 226 g/mol. The third kappa shape index (κ3) is 3.84.